The van der Waals surface area contributed by atoms with E-state index in [1.807, 2.05) is 0 Å². The first-order valence-electron chi connectivity index (χ1n) is 7.43. The summed E-state index contributed by atoms with van der Waals surface area (Å²) in [5.41, 5.74) is 0. The van der Waals surface area contributed by atoms with Crippen LogP contribution in [0.2, 0.25) is 5.02 Å². The normalized spacial score (nSPS) is 17.9. The standard InChI is InChI=1S/C16H20ClNO4/c1-2-21-16(20)12-5-4-8-18(10-12)15(19)11-22-14-7-3-6-13(17)9-14/h3,6-7,9,12H,2,4-5,8,10-11H2,1H3/t12-/m1/s1. The molecule has 6 heteroatoms. The van der Waals surface area contributed by atoms with Crippen molar-refractivity contribution in [3.8, 4) is 5.75 Å². The van der Waals surface area contributed by atoms with E-state index in [-0.39, 0.29) is 24.4 Å². The molecule has 1 saturated heterocycles. The Labute approximate surface area is 135 Å². The van der Waals surface area contributed by atoms with Crippen molar-refractivity contribution >= 4 is 23.5 Å². The minimum Gasteiger partial charge on any atom is -0.484 e. The average Bonchev–Trinajstić information content (AvgIpc) is 2.53. The second-order valence-electron chi connectivity index (χ2n) is 5.18. The summed E-state index contributed by atoms with van der Waals surface area (Å²) in [6, 6.07) is 6.91. The van der Waals surface area contributed by atoms with Crippen LogP contribution in [0.5, 0.6) is 5.75 Å². The fourth-order valence-corrected chi connectivity index (χ4v) is 2.63. The highest BCUT2D eigenvalue weighted by molar-refractivity contribution is 6.30. The van der Waals surface area contributed by atoms with E-state index in [0.717, 1.165) is 12.8 Å². The van der Waals surface area contributed by atoms with Crippen LogP contribution >= 0.6 is 11.6 Å². The summed E-state index contributed by atoms with van der Waals surface area (Å²) >= 11 is 5.87. The summed E-state index contributed by atoms with van der Waals surface area (Å²) < 4.78 is 10.5. The van der Waals surface area contributed by atoms with Crippen LogP contribution in [-0.4, -0.2) is 43.1 Å². The van der Waals surface area contributed by atoms with E-state index in [2.05, 4.69) is 0 Å². The number of ether oxygens (including phenoxy) is 2. The summed E-state index contributed by atoms with van der Waals surface area (Å²) in [6.07, 6.45) is 1.56. The lowest BCUT2D eigenvalue weighted by Crippen LogP contribution is -2.44. The molecule has 2 rings (SSSR count). The van der Waals surface area contributed by atoms with E-state index in [4.69, 9.17) is 21.1 Å². The number of esters is 1. The Kier molecular flexibility index (Phi) is 6.07. The molecule has 0 saturated carbocycles. The first-order valence-corrected chi connectivity index (χ1v) is 7.80. The molecule has 1 fully saturated rings. The zero-order valence-corrected chi connectivity index (χ0v) is 13.3. The maximum absolute atomic E-state index is 12.2. The molecule has 5 nitrogen and oxygen atoms in total. The van der Waals surface area contributed by atoms with Crippen LogP contribution in [0, 0.1) is 5.92 Å². The summed E-state index contributed by atoms with van der Waals surface area (Å²) in [6.45, 7) is 3.13. The predicted octanol–water partition coefficient (Wildman–Crippen LogP) is 2.52. The van der Waals surface area contributed by atoms with Gasteiger partial charge in [-0.05, 0) is 38.0 Å². The molecule has 0 aromatic heterocycles. The summed E-state index contributed by atoms with van der Waals surface area (Å²) in [7, 11) is 0. The minimum atomic E-state index is -0.233. The lowest BCUT2D eigenvalue weighted by molar-refractivity contribution is -0.151. The molecule has 1 atom stereocenters. The SMILES string of the molecule is CCOC(=O)[C@@H]1CCCN(C(=O)COc2cccc(Cl)c2)C1. The first kappa shape index (κ1) is 16.6. The Morgan fingerprint density at radius 3 is 2.95 bits per heavy atom. The Bertz CT molecular complexity index is 535. The molecule has 0 bridgehead atoms. The molecule has 1 amide bonds. The van der Waals surface area contributed by atoms with E-state index in [0.29, 0.717) is 30.5 Å². The van der Waals surface area contributed by atoms with Crippen LogP contribution in [0.1, 0.15) is 19.8 Å². The van der Waals surface area contributed by atoms with Gasteiger partial charge in [0.05, 0.1) is 12.5 Å². The van der Waals surface area contributed by atoms with Crippen molar-refractivity contribution in [1.82, 2.24) is 4.90 Å². The first-order chi connectivity index (χ1) is 10.6. The smallest absolute Gasteiger partial charge is 0.310 e. The summed E-state index contributed by atoms with van der Waals surface area (Å²) in [5.74, 6) is -0.0339. The lowest BCUT2D eigenvalue weighted by Gasteiger charge is -2.31. The van der Waals surface area contributed by atoms with Gasteiger partial charge >= 0.3 is 5.97 Å². The van der Waals surface area contributed by atoms with Gasteiger partial charge in [-0.1, -0.05) is 17.7 Å². The fraction of sp³-hybridized carbons (Fsp3) is 0.500. The van der Waals surface area contributed by atoms with Crippen LogP contribution < -0.4 is 4.74 Å². The molecule has 0 unspecified atom stereocenters. The van der Waals surface area contributed by atoms with Crippen molar-refractivity contribution in [3.05, 3.63) is 29.3 Å². The zero-order chi connectivity index (χ0) is 15.9. The number of benzene rings is 1. The molecule has 1 aliphatic heterocycles. The van der Waals surface area contributed by atoms with Crippen molar-refractivity contribution in [1.29, 1.82) is 0 Å². The predicted molar refractivity (Wildman–Crippen MR) is 82.9 cm³/mol. The molecule has 1 aromatic carbocycles. The third kappa shape index (κ3) is 4.63. The highest BCUT2D eigenvalue weighted by Crippen LogP contribution is 2.19. The fourth-order valence-electron chi connectivity index (χ4n) is 2.45. The van der Waals surface area contributed by atoms with Gasteiger partial charge in [-0.15, -0.1) is 0 Å². The number of halogens is 1. The van der Waals surface area contributed by atoms with E-state index in [1.54, 1.807) is 36.1 Å². The third-order valence-electron chi connectivity index (χ3n) is 3.55. The number of hydrogen-bond acceptors (Lipinski definition) is 4. The molecule has 0 N–H and O–H groups in total. The Morgan fingerprint density at radius 2 is 2.23 bits per heavy atom. The molecule has 1 aliphatic rings. The van der Waals surface area contributed by atoms with Crippen molar-refractivity contribution in [2.24, 2.45) is 5.92 Å². The number of likely N-dealkylation sites (tertiary alicyclic amines) is 1. The van der Waals surface area contributed by atoms with Crippen molar-refractivity contribution in [2.75, 3.05) is 26.3 Å². The minimum absolute atomic E-state index is 0.0596. The molecule has 0 radical (unpaired) electrons. The number of amides is 1. The van der Waals surface area contributed by atoms with Crippen molar-refractivity contribution in [2.45, 2.75) is 19.8 Å². The highest BCUT2D eigenvalue weighted by Gasteiger charge is 2.29. The Balaban J connectivity index is 1.85. The number of rotatable bonds is 5. The lowest BCUT2D eigenvalue weighted by atomic mass is 9.98. The topological polar surface area (TPSA) is 55.8 Å². The Morgan fingerprint density at radius 1 is 1.41 bits per heavy atom. The van der Waals surface area contributed by atoms with Gasteiger partial charge in [0.1, 0.15) is 5.75 Å². The van der Waals surface area contributed by atoms with Gasteiger partial charge < -0.3 is 14.4 Å². The number of hydrogen-bond donors (Lipinski definition) is 0. The van der Waals surface area contributed by atoms with Crippen LogP contribution in [0.15, 0.2) is 24.3 Å². The molecular weight excluding hydrogens is 306 g/mol. The van der Waals surface area contributed by atoms with Gasteiger partial charge in [0, 0.05) is 18.1 Å². The molecule has 120 valence electrons. The van der Waals surface area contributed by atoms with Gasteiger partial charge in [0.15, 0.2) is 6.61 Å². The average molecular weight is 326 g/mol. The van der Waals surface area contributed by atoms with Crippen LogP contribution in [0.3, 0.4) is 0 Å². The van der Waals surface area contributed by atoms with Crippen LogP contribution in [0.25, 0.3) is 0 Å². The molecule has 1 heterocycles. The van der Waals surface area contributed by atoms with Gasteiger partial charge in [-0.2, -0.15) is 0 Å². The van der Waals surface area contributed by atoms with E-state index in [9.17, 15) is 9.59 Å². The quantitative estimate of drug-likeness (QED) is 0.781. The zero-order valence-electron chi connectivity index (χ0n) is 12.6. The molecule has 1 aromatic rings. The van der Waals surface area contributed by atoms with E-state index >= 15 is 0 Å². The van der Waals surface area contributed by atoms with Crippen molar-refractivity contribution in [3.63, 3.8) is 0 Å². The largest absolute Gasteiger partial charge is 0.484 e. The van der Waals surface area contributed by atoms with Crippen molar-refractivity contribution < 1.29 is 19.1 Å². The molecule has 22 heavy (non-hydrogen) atoms. The van der Waals surface area contributed by atoms with E-state index in [1.165, 1.54) is 0 Å². The monoisotopic (exact) mass is 325 g/mol. The highest BCUT2D eigenvalue weighted by atomic mass is 35.5. The van der Waals surface area contributed by atoms with Gasteiger partial charge in [0.2, 0.25) is 0 Å². The second-order valence-corrected chi connectivity index (χ2v) is 5.61. The van der Waals surface area contributed by atoms with Crippen LogP contribution in [-0.2, 0) is 14.3 Å². The number of carbonyl (C=O) groups excluding carboxylic acids is 2. The number of piperidine rings is 1. The van der Waals surface area contributed by atoms with Crippen LogP contribution in [0.4, 0.5) is 0 Å². The Hall–Kier alpha value is -1.75. The second kappa shape index (κ2) is 8.03. The number of nitrogens with zero attached hydrogens (tertiary/aromatic N) is 1. The summed E-state index contributed by atoms with van der Waals surface area (Å²) in [5, 5.41) is 0.560. The van der Waals surface area contributed by atoms with Gasteiger partial charge in [-0.3, -0.25) is 9.59 Å². The van der Waals surface area contributed by atoms with Gasteiger partial charge in [0.25, 0.3) is 5.91 Å². The molecule has 0 spiro atoms. The maximum atomic E-state index is 12.2. The number of carbonyl (C=O) groups is 2. The van der Waals surface area contributed by atoms with Gasteiger partial charge in [-0.25, -0.2) is 0 Å². The van der Waals surface area contributed by atoms with E-state index < -0.39 is 0 Å². The maximum Gasteiger partial charge on any atom is 0.310 e. The molecule has 0 aliphatic carbocycles. The summed E-state index contributed by atoms with van der Waals surface area (Å²) in [4.78, 5) is 25.6. The molecular formula is C16H20ClNO4. The third-order valence-corrected chi connectivity index (χ3v) is 3.79.